The molecular weight excluding hydrogens is 408 g/mol. The number of carbonyl (C=O) groups excluding carboxylic acids is 1. The number of ether oxygens (including phenoxy) is 2. The SMILES string of the molecule is CCOC(=O)C(Oc1nc(-c2ccccc2)cc(-c2cccs2)c1N)c1ccccc1. The van der Waals surface area contributed by atoms with Crippen LogP contribution in [0.3, 0.4) is 0 Å². The minimum Gasteiger partial charge on any atom is -0.463 e. The normalized spacial score (nSPS) is 11.6. The second-order valence-corrected chi connectivity index (χ2v) is 7.73. The first kappa shape index (κ1) is 20.6. The number of rotatable bonds is 7. The minimum absolute atomic E-state index is 0.201. The van der Waals surface area contributed by atoms with E-state index < -0.39 is 12.1 Å². The number of nitrogens with two attached hydrogens (primary N) is 1. The van der Waals surface area contributed by atoms with Gasteiger partial charge in [-0.3, -0.25) is 0 Å². The largest absolute Gasteiger partial charge is 0.463 e. The summed E-state index contributed by atoms with van der Waals surface area (Å²) in [7, 11) is 0. The van der Waals surface area contributed by atoms with Gasteiger partial charge in [-0.25, -0.2) is 9.78 Å². The van der Waals surface area contributed by atoms with Crippen molar-refractivity contribution in [1.82, 2.24) is 4.98 Å². The van der Waals surface area contributed by atoms with Gasteiger partial charge in [0.05, 0.1) is 12.3 Å². The maximum atomic E-state index is 12.7. The monoisotopic (exact) mass is 430 g/mol. The summed E-state index contributed by atoms with van der Waals surface area (Å²) in [5, 5.41) is 1.99. The second-order valence-electron chi connectivity index (χ2n) is 6.78. The molecule has 1 unspecified atom stereocenters. The fourth-order valence-corrected chi connectivity index (χ4v) is 3.98. The third-order valence-corrected chi connectivity index (χ3v) is 5.62. The maximum absolute atomic E-state index is 12.7. The van der Waals surface area contributed by atoms with Crippen LogP contribution in [0.2, 0.25) is 0 Å². The minimum atomic E-state index is -0.974. The van der Waals surface area contributed by atoms with Gasteiger partial charge in [0.1, 0.15) is 5.69 Å². The molecular formula is C25H22N2O3S. The lowest BCUT2D eigenvalue weighted by atomic mass is 10.1. The summed E-state index contributed by atoms with van der Waals surface area (Å²) in [6.45, 7) is 2.01. The van der Waals surface area contributed by atoms with E-state index in [1.165, 1.54) is 0 Å². The van der Waals surface area contributed by atoms with Crippen molar-refractivity contribution in [2.75, 3.05) is 12.3 Å². The molecule has 6 heteroatoms. The first-order valence-electron chi connectivity index (χ1n) is 9.95. The number of thiophene rings is 1. The number of nitrogen functional groups attached to an aromatic ring is 1. The van der Waals surface area contributed by atoms with Gasteiger partial charge in [0.15, 0.2) is 0 Å². The predicted molar refractivity (Wildman–Crippen MR) is 124 cm³/mol. The van der Waals surface area contributed by atoms with Gasteiger partial charge >= 0.3 is 5.97 Å². The molecule has 2 aromatic heterocycles. The summed E-state index contributed by atoms with van der Waals surface area (Å²) in [5.74, 6) is -0.288. The first-order valence-corrected chi connectivity index (χ1v) is 10.8. The summed E-state index contributed by atoms with van der Waals surface area (Å²) in [6, 6.07) is 24.9. The molecule has 2 heterocycles. The number of aromatic nitrogens is 1. The lowest BCUT2D eigenvalue weighted by Gasteiger charge is -2.20. The molecule has 0 spiro atoms. The Kier molecular flexibility index (Phi) is 6.29. The highest BCUT2D eigenvalue weighted by Crippen LogP contribution is 2.39. The molecule has 2 aromatic carbocycles. The van der Waals surface area contributed by atoms with E-state index in [0.717, 1.165) is 16.0 Å². The zero-order valence-electron chi connectivity index (χ0n) is 17.0. The highest BCUT2D eigenvalue weighted by atomic mass is 32.1. The fraction of sp³-hybridized carbons (Fsp3) is 0.120. The van der Waals surface area contributed by atoms with E-state index in [2.05, 4.69) is 4.98 Å². The van der Waals surface area contributed by atoms with Crippen LogP contribution >= 0.6 is 11.3 Å². The van der Waals surface area contributed by atoms with Gasteiger partial charge in [-0.2, -0.15) is 0 Å². The number of hydrogen-bond donors (Lipinski definition) is 1. The molecule has 0 fully saturated rings. The van der Waals surface area contributed by atoms with Crippen LogP contribution < -0.4 is 10.5 Å². The lowest BCUT2D eigenvalue weighted by molar-refractivity contribution is -0.151. The Hall–Kier alpha value is -3.64. The molecule has 0 saturated carbocycles. The summed E-state index contributed by atoms with van der Waals surface area (Å²) >= 11 is 1.58. The van der Waals surface area contributed by atoms with Gasteiger partial charge in [-0.1, -0.05) is 66.7 Å². The molecule has 4 aromatic rings. The Labute approximate surface area is 185 Å². The summed E-state index contributed by atoms with van der Waals surface area (Å²) < 4.78 is 11.4. The molecule has 31 heavy (non-hydrogen) atoms. The van der Waals surface area contributed by atoms with Gasteiger partial charge in [-0.15, -0.1) is 11.3 Å². The van der Waals surface area contributed by atoms with Gasteiger partial charge in [-0.05, 0) is 24.4 Å². The fourth-order valence-electron chi connectivity index (χ4n) is 3.22. The molecule has 0 aliphatic rings. The molecule has 1 atom stereocenters. The molecule has 5 nitrogen and oxygen atoms in total. The zero-order chi connectivity index (χ0) is 21.6. The Morgan fingerprint density at radius 3 is 2.39 bits per heavy atom. The molecule has 2 N–H and O–H groups in total. The zero-order valence-corrected chi connectivity index (χ0v) is 17.8. The van der Waals surface area contributed by atoms with Crippen LogP contribution in [0, 0.1) is 0 Å². The van der Waals surface area contributed by atoms with E-state index in [1.54, 1.807) is 18.3 Å². The number of benzene rings is 2. The van der Waals surface area contributed by atoms with E-state index in [9.17, 15) is 4.79 Å². The molecule has 0 aliphatic carbocycles. The van der Waals surface area contributed by atoms with Crippen LogP contribution in [-0.2, 0) is 9.53 Å². The third-order valence-electron chi connectivity index (χ3n) is 4.71. The van der Waals surface area contributed by atoms with Crippen LogP contribution in [0.4, 0.5) is 5.69 Å². The van der Waals surface area contributed by atoms with Crippen molar-refractivity contribution in [2.45, 2.75) is 13.0 Å². The van der Waals surface area contributed by atoms with Crippen molar-refractivity contribution in [3.8, 4) is 27.6 Å². The molecule has 0 bridgehead atoms. The topological polar surface area (TPSA) is 74.4 Å². The number of esters is 1. The van der Waals surface area contributed by atoms with E-state index in [0.29, 0.717) is 16.9 Å². The van der Waals surface area contributed by atoms with E-state index in [-0.39, 0.29) is 12.5 Å². The number of pyridine rings is 1. The van der Waals surface area contributed by atoms with Crippen molar-refractivity contribution >= 4 is 23.0 Å². The Bertz CT molecular complexity index is 1150. The average molecular weight is 431 g/mol. The number of anilines is 1. The number of hydrogen-bond acceptors (Lipinski definition) is 6. The lowest BCUT2D eigenvalue weighted by Crippen LogP contribution is -2.22. The Morgan fingerprint density at radius 1 is 1.03 bits per heavy atom. The van der Waals surface area contributed by atoms with Crippen molar-refractivity contribution in [2.24, 2.45) is 0 Å². The molecule has 156 valence electrons. The Morgan fingerprint density at radius 2 is 1.74 bits per heavy atom. The first-order chi connectivity index (χ1) is 15.2. The predicted octanol–water partition coefficient (Wildman–Crippen LogP) is 5.74. The quantitative estimate of drug-likeness (QED) is 0.378. The summed E-state index contributed by atoms with van der Waals surface area (Å²) in [6.07, 6.45) is -0.974. The molecule has 0 saturated heterocycles. The second kappa shape index (κ2) is 9.45. The van der Waals surface area contributed by atoms with E-state index >= 15 is 0 Å². The van der Waals surface area contributed by atoms with Crippen LogP contribution in [0.1, 0.15) is 18.6 Å². The molecule has 0 aliphatic heterocycles. The average Bonchev–Trinajstić information content (AvgIpc) is 3.34. The highest BCUT2D eigenvalue weighted by Gasteiger charge is 2.27. The van der Waals surface area contributed by atoms with Crippen LogP contribution in [0.5, 0.6) is 5.88 Å². The van der Waals surface area contributed by atoms with Crippen molar-refractivity contribution in [3.05, 3.63) is 89.8 Å². The third kappa shape index (κ3) is 4.59. The maximum Gasteiger partial charge on any atom is 0.352 e. The highest BCUT2D eigenvalue weighted by molar-refractivity contribution is 7.13. The van der Waals surface area contributed by atoms with E-state index in [4.69, 9.17) is 15.2 Å². The number of carbonyl (C=O) groups is 1. The van der Waals surface area contributed by atoms with Crippen molar-refractivity contribution < 1.29 is 14.3 Å². The smallest absolute Gasteiger partial charge is 0.352 e. The summed E-state index contributed by atoms with van der Waals surface area (Å²) in [4.78, 5) is 18.4. The van der Waals surface area contributed by atoms with Crippen LogP contribution in [0.15, 0.2) is 84.2 Å². The van der Waals surface area contributed by atoms with Gasteiger partial charge in [0.2, 0.25) is 12.0 Å². The molecule has 0 amide bonds. The van der Waals surface area contributed by atoms with Gasteiger partial charge in [0, 0.05) is 21.6 Å². The van der Waals surface area contributed by atoms with Crippen molar-refractivity contribution in [3.63, 3.8) is 0 Å². The van der Waals surface area contributed by atoms with Crippen LogP contribution in [0.25, 0.3) is 21.7 Å². The van der Waals surface area contributed by atoms with E-state index in [1.807, 2.05) is 84.2 Å². The number of nitrogens with zero attached hydrogens (tertiary/aromatic N) is 1. The van der Waals surface area contributed by atoms with Gasteiger partial charge < -0.3 is 15.2 Å². The molecule has 0 radical (unpaired) electrons. The standard InChI is InChI=1S/C25H22N2O3S/c1-2-29-25(28)23(18-12-7-4-8-13-18)30-24-22(26)19(21-14-9-15-31-21)16-20(27-24)17-10-5-3-6-11-17/h3-16,23H,2,26H2,1H3. The molecule has 4 rings (SSSR count). The Balaban J connectivity index is 1.82. The van der Waals surface area contributed by atoms with Gasteiger partial charge in [0.25, 0.3) is 0 Å². The summed E-state index contributed by atoms with van der Waals surface area (Å²) in [5.41, 5.74) is 10.00. The van der Waals surface area contributed by atoms with Crippen LogP contribution in [-0.4, -0.2) is 17.6 Å². The van der Waals surface area contributed by atoms with Crippen molar-refractivity contribution in [1.29, 1.82) is 0 Å².